The summed E-state index contributed by atoms with van der Waals surface area (Å²) in [6.07, 6.45) is 1.67. The van der Waals surface area contributed by atoms with Crippen molar-refractivity contribution in [3.05, 3.63) is 44.7 Å². The van der Waals surface area contributed by atoms with E-state index in [-0.39, 0.29) is 5.91 Å². The first-order valence-electron chi connectivity index (χ1n) is 5.89. The van der Waals surface area contributed by atoms with Crippen molar-refractivity contribution in [3.63, 3.8) is 0 Å². The highest BCUT2D eigenvalue weighted by molar-refractivity contribution is 9.10. The van der Waals surface area contributed by atoms with Crippen LogP contribution in [-0.2, 0) is 6.54 Å². The van der Waals surface area contributed by atoms with Crippen molar-refractivity contribution < 1.29 is 4.79 Å². The summed E-state index contributed by atoms with van der Waals surface area (Å²) in [6, 6.07) is 3.77. The zero-order valence-electron chi connectivity index (χ0n) is 10.4. The van der Waals surface area contributed by atoms with Crippen molar-refractivity contribution in [1.82, 2.24) is 10.3 Å². The number of anilines is 1. The lowest BCUT2D eigenvalue weighted by Gasteiger charge is -2.10. The van der Waals surface area contributed by atoms with Gasteiger partial charge in [-0.15, -0.1) is 0 Å². The molecule has 0 aliphatic heterocycles. The van der Waals surface area contributed by atoms with Gasteiger partial charge in [0.05, 0.1) is 5.56 Å². The molecule has 0 bridgehead atoms. The van der Waals surface area contributed by atoms with Crippen LogP contribution in [0.4, 0.5) is 5.82 Å². The van der Waals surface area contributed by atoms with E-state index < -0.39 is 0 Å². The SMILES string of the molecule is CCNc1ncc(Br)cc1C(=O)NCc1ccsc1. The molecule has 100 valence electrons. The molecule has 2 heterocycles. The largest absolute Gasteiger partial charge is 0.370 e. The number of halogens is 1. The van der Waals surface area contributed by atoms with E-state index in [9.17, 15) is 4.79 Å². The van der Waals surface area contributed by atoms with Gasteiger partial charge in [0.15, 0.2) is 0 Å². The van der Waals surface area contributed by atoms with Crippen LogP contribution in [0.25, 0.3) is 0 Å². The van der Waals surface area contributed by atoms with Crippen molar-refractivity contribution in [3.8, 4) is 0 Å². The summed E-state index contributed by atoms with van der Waals surface area (Å²) in [5, 5.41) is 9.99. The summed E-state index contributed by atoms with van der Waals surface area (Å²) in [5.74, 6) is 0.476. The molecule has 0 atom stereocenters. The third kappa shape index (κ3) is 3.78. The average Bonchev–Trinajstić information content (AvgIpc) is 2.91. The number of carbonyl (C=O) groups excluding carboxylic acids is 1. The lowest BCUT2D eigenvalue weighted by molar-refractivity contribution is 0.0951. The van der Waals surface area contributed by atoms with E-state index >= 15 is 0 Å². The average molecular weight is 340 g/mol. The van der Waals surface area contributed by atoms with E-state index in [0.29, 0.717) is 17.9 Å². The maximum atomic E-state index is 12.2. The van der Waals surface area contributed by atoms with Gasteiger partial charge in [-0.25, -0.2) is 4.98 Å². The zero-order chi connectivity index (χ0) is 13.7. The number of nitrogens with one attached hydrogen (secondary N) is 2. The Kier molecular flexibility index (Phi) is 4.93. The number of nitrogens with zero attached hydrogens (tertiary/aromatic N) is 1. The number of aromatic nitrogens is 1. The summed E-state index contributed by atoms with van der Waals surface area (Å²) < 4.78 is 0.787. The third-order valence-corrected chi connectivity index (χ3v) is 3.64. The molecule has 0 aromatic carbocycles. The van der Waals surface area contributed by atoms with Crippen molar-refractivity contribution in [2.75, 3.05) is 11.9 Å². The number of hydrogen-bond acceptors (Lipinski definition) is 4. The van der Waals surface area contributed by atoms with Crippen LogP contribution in [0.2, 0.25) is 0 Å². The van der Waals surface area contributed by atoms with E-state index in [0.717, 1.165) is 16.6 Å². The molecule has 0 radical (unpaired) electrons. The van der Waals surface area contributed by atoms with E-state index in [1.165, 1.54) is 0 Å². The fraction of sp³-hybridized carbons (Fsp3) is 0.231. The number of thiophene rings is 1. The summed E-state index contributed by atoms with van der Waals surface area (Å²) >= 11 is 4.95. The van der Waals surface area contributed by atoms with Gasteiger partial charge in [-0.2, -0.15) is 11.3 Å². The highest BCUT2D eigenvalue weighted by Crippen LogP contribution is 2.18. The molecule has 0 unspecified atom stereocenters. The molecular weight excluding hydrogens is 326 g/mol. The Balaban J connectivity index is 2.11. The van der Waals surface area contributed by atoms with Gasteiger partial charge < -0.3 is 10.6 Å². The van der Waals surface area contributed by atoms with Crippen LogP contribution in [-0.4, -0.2) is 17.4 Å². The van der Waals surface area contributed by atoms with Gasteiger partial charge in [0.2, 0.25) is 0 Å². The van der Waals surface area contributed by atoms with Crippen molar-refractivity contribution in [1.29, 1.82) is 0 Å². The standard InChI is InChI=1S/C13H14BrN3OS/c1-2-15-12-11(5-10(14)7-16-12)13(18)17-6-9-3-4-19-8-9/h3-5,7-8H,2,6H2,1H3,(H,15,16)(H,17,18). The predicted molar refractivity (Wildman–Crippen MR) is 81.6 cm³/mol. The van der Waals surface area contributed by atoms with Gasteiger partial charge in [-0.1, -0.05) is 0 Å². The van der Waals surface area contributed by atoms with Crippen LogP contribution in [0.1, 0.15) is 22.8 Å². The van der Waals surface area contributed by atoms with Gasteiger partial charge in [0, 0.05) is 23.8 Å². The molecule has 0 fully saturated rings. The van der Waals surface area contributed by atoms with Crippen LogP contribution < -0.4 is 10.6 Å². The molecule has 19 heavy (non-hydrogen) atoms. The Morgan fingerprint density at radius 2 is 2.37 bits per heavy atom. The summed E-state index contributed by atoms with van der Waals surface area (Å²) in [4.78, 5) is 16.4. The molecule has 0 aliphatic carbocycles. The Hall–Kier alpha value is -1.40. The molecule has 6 heteroatoms. The lowest BCUT2D eigenvalue weighted by Crippen LogP contribution is -2.24. The van der Waals surface area contributed by atoms with Gasteiger partial charge in [0.25, 0.3) is 5.91 Å². The Morgan fingerprint density at radius 3 is 3.05 bits per heavy atom. The molecule has 4 nitrogen and oxygen atoms in total. The van der Waals surface area contributed by atoms with Gasteiger partial charge >= 0.3 is 0 Å². The second-order valence-electron chi connectivity index (χ2n) is 3.89. The maximum absolute atomic E-state index is 12.2. The summed E-state index contributed by atoms with van der Waals surface area (Å²) in [5.41, 5.74) is 1.65. The first-order chi connectivity index (χ1) is 9.20. The van der Waals surface area contributed by atoms with Crippen LogP contribution >= 0.6 is 27.3 Å². The Labute approximate surface area is 124 Å². The normalized spacial score (nSPS) is 10.2. The molecule has 0 spiro atoms. The fourth-order valence-electron chi connectivity index (χ4n) is 1.59. The highest BCUT2D eigenvalue weighted by Gasteiger charge is 2.12. The Bertz CT molecular complexity index is 557. The molecule has 0 saturated heterocycles. The van der Waals surface area contributed by atoms with Crippen LogP contribution in [0, 0.1) is 0 Å². The Morgan fingerprint density at radius 1 is 1.53 bits per heavy atom. The maximum Gasteiger partial charge on any atom is 0.255 e. The quantitative estimate of drug-likeness (QED) is 0.878. The van der Waals surface area contributed by atoms with Gasteiger partial charge in [0.1, 0.15) is 5.82 Å². The topological polar surface area (TPSA) is 54.0 Å². The number of hydrogen-bond donors (Lipinski definition) is 2. The number of amides is 1. The number of pyridine rings is 1. The first-order valence-corrected chi connectivity index (χ1v) is 7.63. The first kappa shape index (κ1) is 14.0. The fourth-order valence-corrected chi connectivity index (χ4v) is 2.59. The van der Waals surface area contributed by atoms with Crippen LogP contribution in [0.15, 0.2) is 33.6 Å². The molecule has 2 aromatic heterocycles. The van der Waals surface area contributed by atoms with E-state index in [2.05, 4.69) is 31.5 Å². The summed E-state index contributed by atoms with van der Waals surface area (Å²) in [7, 11) is 0. The van der Waals surface area contributed by atoms with E-state index in [4.69, 9.17) is 0 Å². The van der Waals surface area contributed by atoms with Crippen molar-refractivity contribution >= 4 is 39.0 Å². The number of carbonyl (C=O) groups is 1. The molecule has 0 saturated carbocycles. The lowest BCUT2D eigenvalue weighted by atomic mass is 10.2. The second kappa shape index (κ2) is 6.68. The minimum atomic E-state index is -0.129. The predicted octanol–water partition coefficient (Wildman–Crippen LogP) is 3.27. The second-order valence-corrected chi connectivity index (χ2v) is 5.59. The van der Waals surface area contributed by atoms with Gasteiger partial charge in [-0.3, -0.25) is 4.79 Å². The third-order valence-electron chi connectivity index (χ3n) is 2.48. The van der Waals surface area contributed by atoms with Gasteiger partial charge in [-0.05, 0) is 51.3 Å². The molecule has 2 aromatic rings. The van der Waals surface area contributed by atoms with Crippen LogP contribution in [0.3, 0.4) is 0 Å². The minimum Gasteiger partial charge on any atom is -0.370 e. The monoisotopic (exact) mass is 339 g/mol. The summed E-state index contributed by atoms with van der Waals surface area (Å²) in [6.45, 7) is 3.22. The minimum absolute atomic E-state index is 0.129. The molecule has 2 rings (SSSR count). The molecule has 0 aliphatic rings. The van der Waals surface area contributed by atoms with Crippen molar-refractivity contribution in [2.45, 2.75) is 13.5 Å². The molecule has 2 N–H and O–H groups in total. The number of rotatable bonds is 5. The van der Waals surface area contributed by atoms with Crippen molar-refractivity contribution in [2.24, 2.45) is 0 Å². The van der Waals surface area contributed by atoms with E-state index in [1.54, 1.807) is 23.6 Å². The molecule has 1 amide bonds. The van der Waals surface area contributed by atoms with Crippen LogP contribution in [0.5, 0.6) is 0 Å². The highest BCUT2D eigenvalue weighted by atomic mass is 79.9. The zero-order valence-corrected chi connectivity index (χ0v) is 12.8. The smallest absolute Gasteiger partial charge is 0.255 e. The molecular formula is C13H14BrN3OS. The van der Waals surface area contributed by atoms with E-state index in [1.807, 2.05) is 23.8 Å².